The normalized spacial score (nSPS) is 14.1. The molecule has 4 nitrogen and oxygen atoms in total. The molecule has 0 radical (unpaired) electrons. The second-order valence-electron chi connectivity index (χ2n) is 4.75. The Balaban J connectivity index is 1.64. The Morgan fingerprint density at radius 2 is 1.85 bits per heavy atom. The van der Waals surface area contributed by atoms with E-state index in [1.54, 1.807) is 12.1 Å². The van der Waals surface area contributed by atoms with Crippen LogP contribution in [0.1, 0.15) is 17.2 Å². The third kappa shape index (κ3) is 2.70. The van der Waals surface area contributed by atoms with Gasteiger partial charge in [-0.15, -0.1) is 0 Å². The molecule has 0 fully saturated rings. The lowest BCUT2D eigenvalue weighted by molar-refractivity contribution is 0.108. The molecule has 4 heteroatoms. The number of hydrogen-bond donors (Lipinski definition) is 1. The number of aliphatic hydroxyl groups is 1. The van der Waals surface area contributed by atoms with E-state index in [2.05, 4.69) is 0 Å². The summed E-state index contributed by atoms with van der Waals surface area (Å²) in [6.45, 7) is 2.45. The van der Waals surface area contributed by atoms with Crippen molar-refractivity contribution in [3.63, 3.8) is 0 Å². The maximum Gasteiger partial charge on any atom is 0.231 e. The third-order valence-electron chi connectivity index (χ3n) is 3.21. The number of rotatable bonds is 4. The number of aryl methyl sites for hydroxylation is 1. The molecule has 0 aromatic heterocycles. The van der Waals surface area contributed by atoms with Gasteiger partial charge in [0.15, 0.2) is 11.5 Å². The molecular formula is C16H16O4. The summed E-state index contributed by atoms with van der Waals surface area (Å²) in [5, 5.41) is 10.1. The number of ether oxygens (including phenoxy) is 3. The van der Waals surface area contributed by atoms with E-state index in [1.807, 2.05) is 37.3 Å². The molecule has 0 bridgehead atoms. The minimum Gasteiger partial charge on any atom is -0.491 e. The van der Waals surface area contributed by atoms with Crippen molar-refractivity contribution in [1.82, 2.24) is 0 Å². The molecule has 1 heterocycles. The van der Waals surface area contributed by atoms with Gasteiger partial charge in [0.25, 0.3) is 0 Å². The van der Waals surface area contributed by atoms with E-state index < -0.39 is 6.10 Å². The van der Waals surface area contributed by atoms with Gasteiger partial charge in [0.2, 0.25) is 6.79 Å². The summed E-state index contributed by atoms with van der Waals surface area (Å²) in [5.74, 6) is 2.12. The highest BCUT2D eigenvalue weighted by Crippen LogP contribution is 2.34. The lowest BCUT2D eigenvalue weighted by Crippen LogP contribution is -2.09. The molecule has 3 rings (SSSR count). The minimum absolute atomic E-state index is 0.197. The fraction of sp³-hybridized carbons (Fsp3) is 0.250. The summed E-state index contributed by atoms with van der Waals surface area (Å²) >= 11 is 0. The Morgan fingerprint density at radius 1 is 1.10 bits per heavy atom. The zero-order valence-corrected chi connectivity index (χ0v) is 11.2. The van der Waals surface area contributed by atoms with Gasteiger partial charge >= 0.3 is 0 Å². The van der Waals surface area contributed by atoms with Crippen LogP contribution in [-0.4, -0.2) is 18.5 Å². The lowest BCUT2D eigenvalue weighted by atomic mass is 10.1. The number of aliphatic hydroxyl groups excluding tert-OH is 1. The topological polar surface area (TPSA) is 47.9 Å². The smallest absolute Gasteiger partial charge is 0.231 e. The first-order valence-electron chi connectivity index (χ1n) is 6.49. The van der Waals surface area contributed by atoms with Crippen LogP contribution in [0, 0.1) is 6.92 Å². The number of benzene rings is 2. The molecule has 1 unspecified atom stereocenters. The average Bonchev–Trinajstić information content (AvgIpc) is 2.93. The molecule has 2 aromatic rings. The van der Waals surface area contributed by atoms with Crippen LogP contribution >= 0.6 is 0 Å². The highest BCUT2D eigenvalue weighted by atomic mass is 16.7. The quantitative estimate of drug-likeness (QED) is 0.929. The monoisotopic (exact) mass is 272 g/mol. The fourth-order valence-electron chi connectivity index (χ4n) is 2.03. The van der Waals surface area contributed by atoms with Crippen molar-refractivity contribution in [2.24, 2.45) is 0 Å². The first-order valence-corrected chi connectivity index (χ1v) is 6.49. The molecular weight excluding hydrogens is 256 g/mol. The zero-order valence-electron chi connectivity index (χ0n) is 11.2. The van der Waals surface area contributed by atoms with Crippen LogP contribution in [-0.2, 0) is 0 Å². The summed E-state index contributed by atoms with van der Waals surface area (Å²) in [6.07, 6.45) is -0.703. The van der Waals surface area contributed by atoms with Crippen molar-refractivity contribution in [2.45, 2.75) is 13.0 Å². The largest absolute Gasteiger partial charge is 0.491 e. The minimum atomic E-state index is -0.703. The van der Waals surface area contributed by atoms with Gasteiger partial charge in [0.05, 0.1) is 0 Å². The van der Waals surface area contributed by atoms with Gasteiger partial charge in [-0.2, -0.15) is 0 Å². The molecule has 0 aliphatic carbocycles. The molecule has 1 N–H and O–H groups in total. The summed E-state index contributed by atoms with van der Waals surface area (Å²) in [6, 6.07) is 13.1. The maximum atomic E-state index is 10.1. The van der Waals surface area contributed by atoms with E-state index in [0.29, 0.717) is 11.5 Å². The van der Waals surface area contributed by atoms with Gasteiger partial charge in [0, 0.05) is 0 Å². The van der Waals surface area contributed by atoms with Crippen molar-refractivity contribution in [2.75, 3.05) is 13.4 Å². The summed E-state index contributed by atoms with van der Waals surface area (Å²) in [7, 11) is 0. The predicted octanol–water partition coefficient (Wildman–Crippen LogP) is 2.84. The van der Waals surface area contributed by atoms with Crippen LogP contribution in [0.4, 0.5) is 0 Å². The van der Waals surface area contributed by atoms with Gasteiger partial charge < -0.3 is 19.3 Å². The van der Waals surface area contributed by atoms with Crippen LogP contribution in [0.2, 0.25) is 0 Å². The van der Waals surface area contributed by atoms with Crippen LogP contribution in [0.15, 0.2) is 42.5 Å². The molecule has 1 aliphatic heterocycles. The highest BCUT2D eigenvalue weighted by Gasteiger charge is 2.16. The van der Waals surface area contributed by atoms with Crippen molar-refractivity contribution < 1.29 is 19.3 Å². The summed E-state index contributed by atoms with van der Waals surface area (Å²) in [4.78, 5) is 0. The number of hydrogen-bond acceptors (Lipinski definition) is 4. The fourth-order valence-corrected chi connectivity index (χ4v) is 2.03. The van der Waals surface area contributed by atoms with E-state index in [9.17, 15) is 5.11 Å². The summed E-state index contributed by atoms with van der Waals surface area (Å²) in [5.41, 5.74) is 1.93. The van der Waals surface area contributed by atoms with Gasteiger partial charge in [0.1, 0.15) is 18.5 Å². The van der Waals surface area contributed by atoms with Gasteiger partial charge in [-0.3, -0.25) is 0 Å². The van der Waals surface area contributed by atoms with E-state index in [4.69, 9.17) is 14.2 Å². The lowest BCUT2D eigenvalue weighted by Gasteiger charge is -2.13. The van der Waals surface area contributed by atoms with E-state index in [1.165, 1.54) is 5.56 Å². The van der Waals surface area contributed by atoms with Crippen molar-refractivity contribution in [3.05, 3.63) is 53.6 Å². The molecule has 2 aromatic carbocycles. The molecule has 1 atom stereocenters. The van der Waals surface area contributed by atoms with Crippen molar-refractivity contribution in [3.8, 4) is 17.2 Å². The second kappa shape index (κ2) is 5.43. The molecule has 0 amide bonds. The molecule has 20 heavy (non-hydrogen) atoms. The average molecular weight is 272 g/mol. The van der Waals surface area contributed by atoms with E-state index >= 15 is 0 Å². The van der Waals surface area contributed by atoms with E-state index in [0.717, 1.165) is 11.3 Å². The Bertz CT molecular complexity index is 592. The van der Waals surface area contributed by atoms with E-state index in [-0.39, 0.29) is 13.4 Å². The summed E-state index contributed by atoms with van der Waals surface area (Å²) < 4.78 is 16.1. The Labute approximate surface area is 117 Å². The van der Waals surface area contributed by atoms with Crippen LogP contribution in [0.3, 0.4) is 0 Å². The third-order valence-corrected chi connectivity index (χ3v) is 3.21. The van der Waals surface area contributed by atoms with Gasteiger partial charge in [-0.05, 0) is 36.8 Å². The SMILES string of the molecule is Cc1ccc(OCC(O)c2ccc3c(c2)OCO3)cc1. The van der Waals surface area contributed by atoms with Crippen LogP contribution < -0.4 is 14.2 Å². The highest BCUT2D eigenvalue weighted by molar-refractivity contribution is 5.45. The molecule has 0 saturated heterocycles. The van der Waals surface area contributed by atoms with Crippen molar-refractivity contribution in [1.29, 1.82) is 0 Å². The second-order valence-corrected chi connectivity index (χ2v) is 4.75. The zero-order chi connectivity index (χ0) is 13.9. The van der Waals surface area contributed by atoms with Gasteiger partial charge in [-0.25, -0.2) is 0 Å². The molecule has 104 valence electrons. The first-order chi connectivity index (χ1) is 9.72. The van der Waals surface area contributed by atoms with Crippen molar-refractivity contribution >= 4 is 0 Å². The standard InChI is InChI=1S/C16H16O4/c1-11-2-5-13(6-3-11)18-9-14(17)12-4-7-15-16(8-12)20-10-19-15/h2-8,14,17H,9-10H2,1H3. The maximum absolute atomic E-state index is 10.1. The van der Waals surface area contributed by atoms with Crippen LogP contribution in [0.5, 0.6) is 17.2 Å². The predicted molar refractivity (Wildman–Crippen MR) is 74.2 cm³/mol. The first kappa shape index (κ1) is 12.8. The molecule has 0 saturated carbocycles. The molecule has 0 spiro atoms. The Hall–Kier alpha value is -2.20. The van der Waals surface area contributed by atoms with Gasteiger partial charge in [-0.1, -0.05) is 23.8 Å². The number of fused-ring (bicyclic) bond motifs is 1. The molecule has 1 aliphatic rings. The van der Waals surface area contributed by atoms with Crippen LogP contribution in [0.25, 0.3) is 0 Å². The Morgan fingerprint density at radius 3 is 2.65 bits per heavy atom. The Kier molecular flexibility index (Phi) is 3.48.